The molecule has 32 heavy (non-hydrogen) atoms. The van der Waals surface area contributed by atoms with Crippen molar-refractivity contribution in [2.24, 2.45) is 0 Å². The van der Waals surface area contributed by atoms with Gasteiger partial charge in [0.05, 0.1) is 22.9 Å². The third-order valence-electron chi connectivity index (χ3n) is 4.39. The second-order valence-electron chi connectivity index (χ2n) is 7.83. The molecule has 176 valence electrons. The number of nitrogens with one attached hydrogen (secondary N) is 3. The first-order chi connectivity index (χ1) is 14.5. The van der Waals surface area contributed by atoms with E-state index in [0.29, 0.717) is 32.8 Å². The summed E-state index contributed by atoms with van der Waals surface area (Å²) in [6.45, 7) is 7.45. The second-order valence-corrected chi connectivity index (χ2v) is 10.8. The summed E-state index contributed by atoms with van der Waals surface area (Å²) in [5.41, 5.74) is 1.18. The molecule has 0 spiro atoms. The molecule has 1 atom stereocenters. The molecule has 0 aliphatic rings. The van der Waals surface area contributed by atoms with Crippen LogP contribution in [0.5, 0.6) is 0 Å². The lowest BCUT2D eigenvalue weighted by molar-refractivity contribution is 0.375. The zero-order valence-electron chi connectivity index (χ0n) is 17.7. The molecule has 0 aliphatic carbocycles. The molecule has 0 bridgehead atoms. The van der Waals surface area contributed by atoms with E-state index >= 15 is 0 Å². The molecule has 5 nitrogen and oxygen atoms in total. The van der Waals surface area contributed by atoms with E-state index in [2.05, 4.69) is 36.5 Å². The van der Waals surface area contributed by atoms with E-state index in [4.69, 9.17) is 0 Å². The van der Waals surface area contributed by atoms with E-state index in [-0.39, 0.29) is 6.04 Å². The van der Waals surface area contributed by atoms with Crippen LogP contribution in [0.2, 0.25) is 0 Å². The van der Waals surface area contributed by atoms with Crippen molar-refractivity contribution in [2.75, 3.05) is 15.4 Å². The van der Waals surface area contributed by atoms with Gasteiger partial charge in [0.1, 0.15) is 11.6 Å². The van der Waals surface area contributed by atoms with Gasteiger partial charge in [0.25, 0.3) is 0 Å². The Morgan fingerprint density at radius 2 is 1.62 bits per heavy atom. The van der Waals surface area contributed by atoms with Gasteiger partial charge in [-0.2, -0.15) is 0 Å². The van der Waals surface area contributed by atoms with Crippen molar-refractivity contribution in [1.82, 2.24) is 9.97 Å². The maximum atomic E-state index is 12.8. The minimum absolute atomic E-state index is 0.205. The van der Waals surface area contributed by atoms with Crippen LogP contribution < -0.4 is 15.4 Å². The lowest BCUT2D eigenvalue weighted by Gasteiger charge is -2.41. The van der Waals surface area contributed by atoms with Gasteiger partial charge >= 0.3 is 10.4 Å². The van der Waals surface area contributed by atoms with Crippen molar-refractivity contribution in [3.63, 3.8) is 0 Å². The molecule has 3 rings (SSSR count). The van der Waals surface area contributed by atoms with Crippen LogP contribution in [0.15, 0.2) is 40.9 Å². The minimum atomic E-state index is -9.81. The van der Waals surface area contributed by atoms with Gasteiger partial charge in [-0.1, -0.05) is 31.6 Å². The van der Waals surface area contributed by atoms with Gasteiger partial charge in [0.2, 0.25) is 0 Å². The molecule has 3 N–H and O–H groups in total. The number of rotatable bonds is 7. The fourth-order valence-electron chi connectivity index (χ4n) is 3.18. The number of aryl methyl sites for hydroxylation is 1. The van der Waals surface area contributed by atoms with Crippen molar-refractivity contribution >= 4 is 54.4 Å². The number of anilines is 3. The predicted octanol–water partition coefficient (Wildman–Crippen LogP) is 8.32. The first-order valence-corrected chi connectivity index (χ1v) is 12.4. The molecule has 0 saturated heterocycles. The third kappa shape index (κ3) is 6.58. The maximum absolute atomic E-state index is 12.8. The molecule has 0 fully saturated rings. The van der Waals surface area contributed by atoms with Gasteiger partial charge < -0.3 is 10.6 Å². The maximum Gasteiger partial charge on any atom is 0.362 e. The smallest absolute Gasteiger partial charge is 0.362 e. The fourth-order valence-corrected chi connectivity index (χ4v) is 4.21. The van der Waals surface area contributed by atoms with Gasteiger partial charge in [-0.15, -0.1) is 0 Å². The van der Waals surface area contributed by atoms with Crippen LogP contribution in [0.4, 0.5) is 36.6 Å². The summed E-state index contributed by atoms with van der Waals surface area (Å²) in [7, 11) is -9.81. The number of nitrogens with zero attached hydrogens (tertiary/aromatic N) is 2. The van der Waals surface area contributed by atoms with E-state index in [1.807, 2.05) is 26.0 Å². The monoisotopic (exact) mass is 539 g/mol. The Hall–Kier alpha value is -2.34. The Kier molecular flexibility index (Phi) is 5.78. The van der Waals surface area contributed by atoms with Crippen LogP contribution in [0.3, 0.4) is 0 Å². The summed E-state index contributed by atoms with van der Waals surface area (Å²) in [6, 6.07) is 8.21. The molecular formula is C20H23BrF5N5S. The largest absolute Gasteiger partial charge is 0.382 e. The Balaban J connectivity index is 1.94. The third-order valence-corrected chi connectivity index (χ3v) is 5.67. The first-order valence-electron chi connectivity index (χ1n) is 9.63. The molecule has 3 aromatic rings. The summed E-state index contributed by atoms with van der Waals surface area (Å²) in [4.78, 5) is 8.90. The summed E-state index contributed by atoms with van der Waals surface area (Å²) >= 11 is 3.53. The van der Waals surface area contributed by atoms with Gasteiger partial charge in [0, 0.05) is 15.9 Å². The topological polar surface area (TPSA) is 61.9 Å². The number of halogens is 6. The summed E-state index contributed by atoms with van der Waals surface area (Å²) in [5, 5.41) is 7.17. The van der Waals surface area contributed by atoms with Gasteiger partial charge in [-0.25, -0.2) is 9.97 Å². The second kappa shape index (κ2) is 7.62. The van der Waals surface area contributed by atoms with Crippen molar-refractivity contribution in [3.8, 4) is 0 Å². The molecule has 0 amide bonds. The summed E-state index contributed by atoms with van der Waals surface area (Å²) < 4.78 is 65.3. The number of fused-ring (bicyclic) bond motifs is 1. The van der Waals surface area contributed by atoms with Crippen LogP contribution in [0, 0.1) is 6.92 Å². The lowest BCUT2D eigenvalue weighted by atomic mass is 10.1. The highest BCUT2D eigenvalue weighted by atomic mass is 79.9. The molecule has 12 heteroatoms. The quantitative estimate of drug-likeness (QED) is 0.263. The van der Waals surface area contributed by atoms with Gasteiger partial charge in [0.15, 0.2) is 0 Å². The Morgan fingerprint density at radius 3 is 2.25 bits per heavy atom. The normalized spacial score (nSPS) is 15.2. The Labute approximate surface area is 191 Å². The molecule has 1 unspecified atom stereocenters. The molecule has 1 aromatic heterocycles. The van der Waals surface area contributed by atoms with Crippen LogP contribution in [-0.4, -0.2) is 16.0 Å². The average molecular weight is 540 g/mol. The van der Waals surface area contributed by atoms with Crippen LogP contribution in [0.1, 0.15) is 38.2 Å². The lowest BCUT2D eigenvalue weighted by Crippen LogP contribution is -2.17. The van der Waals surface area contributed by atoms with E-state index in [1.165, 1.54) is 6.07 Å². The molecule has 2 aromatic carbocycles. The zero-order chi connectivity index (χ0) is 24.0. The average Bonchev–Trinajstić information content (AvgIpc) is 2.60. The number of aromatic nitrogens is 2. The Morgan fingerprint density at radius 1 is 0.938 bits per heavy atom. The standard InChI is InChI=1S/C20H23BrF5N5S/c1-11(2)27-19-10-18-16(9-17(19)21)20(30-13(4)29-18)28-12(3)14-6-5-7-15(8-14)31-32(22,23,24,25)26/h5-12,27,31H,1-4H3,(H,28,29,30). The molecule has 1 heterocycles. The highest BCUT2D eigenvalue weighted by molar-refractivity contribution is 9.10. The Bertz CT molecular complexity index is 1170. The molecule has 0 aliphatic heterocycles. The van der Waals surface area contributed by atoms with Crippen molar-refractivity contribution in [1.29, 1.82) is 0 Å². The SMILES string of the molecule is Cc1nc(NC(C)c2cccc(NS(F)(F)(F)(F)F)c2)c2cc(Br)c(NC(C)C)cc2n1. The highest BCUT2D eigenvalue weighted by Crippen LogP contribution is 2.96. The number of hydrogen-bond donors (Lipinski definition) is 3. The van der Waals surface area contributed by atoms with E-state index in [1.54, 1.807) is 19.9 Å². The molecule has 0 saturated carbocycles. The van der Waals surface area contributed by atoms with Crippen molar-refractivity contribution < 1.29 is 19.4 Å². The number of hydrogen-bond acceptors (Lipinski definition) is 5. The summed E-state index contributed by atoms with van der Waals surface area (Å²) in [5.74, 6) is 0.976. The minimum Gasteiger partial charge on any atom is -0.382 e. The van der Waals surface area contributed by atoms with E-state index in [9.17, 15) is 19.4 Å². The van der Waals surface area contributed by atoms with Crippen molar-refractivity contribution in [2.45, 2.75) is 39.8 Å². The zero-order valence-corrected chi connectivity index (χ0v) is 20.1. The number of benzene rings is 2. The van der Waals surface area contributed by atoms with Crippen LogP contribution in [0.25, 0.3) is 10.9 Å². The van der Waals surface area contributed by atoms with Crippen LogP contribution >= 0.6 is 26.3 Å². The predicted molar refractivity (Wildman–Crippen MR) is 126 cm³/mol. The van der Waals surface area contributed by atoms with Crippen LogP contribution in [-0.2, 0) is 0 Å². The highest BCUT2D eigenvalue weighted by Gasteiger charge is 2.63. The van der Waals surface area contributed by atoms with E-state index in [0.717, 1.165) is 22.3 Å². The van der Waals surface area contributed by atoms with Gasteiger partial charge in [-0.3, -0.25) is 4.72 Å². The first kappa shape index (κ1) is 24.3. The molecule has 0 radical (unpaired) electrons. The molecular weight excluding hydrogens is 517 g/mol. The van der Waals surface area contributed by atoms with E-state index < -0.39 is 22.1 Å². The van der Waals surface area contributed by atoms with Gasteiger partial charge in [-0.05, 0) is 73.5 Å². The van der Waals surface area contributed by atoms with Crippen molar-refractivity contribution in [3.05, 3.63) is 52.3 Å². The fraction of sp³-hybridized carbons (Fsp3) is 0.300. The summed E-state index contributed by atoms with van der Waals surface area (Å²) in [6.07, 6.45) is 0.